The molecule has 2 heterocycles. The predicted octanol–water partition coefficient (Wildman–Crippen LogP) is 3.05. The fourth-order valence-corrected chi connectivity index (χ4v) is 2.03. The van der Waals surface area contributed by atoms with Crippen LogP contribution in [0.2, 0.25) is 0 Å². The van der Waals surface area contributed by atoms with E-state index < -0.39 is 0 Å². The minimum atomic E-state index is -0.163. The molecule has 0 radical (unpaired) electrons. The van der Waals surface area contributed by atoms with Crippen LogP contribution in [0.25, 0.3) is 11.3 Å². The van der Waals surface area contributed by atoms with Crippen molar-refractivity contribution in [1.29, 1.82) is 0 Å². The van der Waals surface area contributed by atoms with Crippen LogP contribution in [0.3, 0.4) is 0 Å². The van der Waals surface area contributed by atoms with Crippen LogP contribution in [0.5, 0.6) is 0 Å². The number of carbonyl (C=O) groups excluding carboxylic acids is 1. The molecule has 1 amide bonds. The molecule has 0 saturated heterocycles. The Bertz CT molecular complexity index is 737. The molecule has 5 nitrogen and oxygen atoms in total. The Balaban J connectivity index is 1.85. The van der Waals surface area contributed by atoms with Gasteiger partial charge in [0.2, 0.25) is 0 Å². The lowest BCUT2D eigenvalue weighted by atomic mass is 10.2. The summed E-state index contributed by atoms with van der Waals surface area (Å²) in [6.07, 6.45) is 6.65. The smallest absolute Gasteiger partial charge is 0.297 e. The standard InChI is InChI=1S/C16H14N4O/c1-19(14-7-3-2-4-8-14)16(21)20-11-15(18-12-20)13-6-5-9-17-10-13/h2-12H,1H3. The van der Waals surface area contributed by atoms with Crippen molar-refractivity contribution in [3.8, 4) is 11.3 Å². The van der Waals surface area contributed by atoms with Crippen molar-refractivity contribution in [2.24, 2.45) is 0 Å². The number of rotatable bonds is 2. The topological polar surface area (TPSA) is 51.0 Å². The number of hydrogen-bond acceptors (Lipinski definition) is 3. The second kappa shape index (κ2) is 5.58. The predicted molar refractivity (Wildman–Crippen MR) is 81.1 cm³/mol. The minimum absolute atomic E-state index is 0.163. The molecule has 0 spiro atoms. The van der Waals surface area contributed by atoms with Gasteiger partial charge in [-0.1, -0.05) is 18.2 Å². The molecule has 0 fully saturated rings. The second-order valence-corrected chi connectivity index (χ2v) is 4.59. The number of carbonyl (C=O) groups is 1. The maximum atomic E-state index is 12.4. The van der Waals surface area contributed by atoms with Gasteiger partial charge in [0.15, 0.2) is 0 Å². The molecule has 1 aromatic carbocycles. The van der Waals surface area contributed by atoms with Gasteiger partial charge in [0.1, 0.15) is 6.33 Å². The van der Waals surface area contributed by atoms with Crippen LogP contribution in [-0.4, -0.2) is 27.6 Å². The Morgan fingerprint density at radius 2 is 1.95 bits per heavy atom. The molecule has 0 aliphatic carbocycles. The zero-order chi connectivity index (χ0) is 14.7. The Hall–Kier alpha value is -2.95. The molecule has 3 rings (SSSR count). The molecule has 3 aromatic rings. The summed E-state index contributed by atoms with van der Waals surface area (Å²) >= 11 is 0. The molecule has 104 valence electrons. The minimum Gasteiger partial charge on any atom is -0.297 e. The first kappa shape index (κ1) is 13.1. The number of imidazole rings is 1. The summed E-state index contributed by atoms with van der Waals surface area (Å²) in [5.74, 6) is 0. The van der Waals surface area contributed by atoms with Crippen LogP contribution in [0.15, 0.2) is 67.4 Å². The Kier molecular flexibility index (Phi) is 3.47. The molecule has 5 heteroatoms. The van der Waals surface area contributed by atoms with Crippen molar-refractivity contribution in [3.05, 3.63) is 67.4 Å². The van der Waals surface area contributed by atoms with Crippen LogP contribution in [0.1, 0.15) is 0 Å². The highest BCUT2D eigenvalue weighted by atomic mass is 16.2. The molecule has 0 aliphatic heterocycles. The number of pyridine rings is 1. The normalized spacial score (nSPS) is 10.3. The van der Waals surface area contributed by atoms with E-state index >= 15 is 0 Å². The van der Waals surface area contributed by atoms with Crippen LogP contribution in [0.4, 0.5) is 10.5 Å². The summed E-state index contributed by atoms with van der Waals surface area (Å²) in [5, 5.41) is 0. The van der Waals surface area contributed by atoms with Crippen molar-refractivity contribution in [3.63, 3.8) is 0 Å². The lowest BCUT2D eigenvalue weighted by Gasteiger charge is -2.16. The molecule has 0 unspecified atom stereocenters. The third-order valence-corrected chi connectivity index (χ3v) is 3.19. The fraction of sp³-hybridized carbons (Fsp3) is 0.0625. The van der Waals surface area contributed by atoms with Crippen molar-refractivity contribution in [1.82, 2.24) is 14.5 Å². The summed E-state index contributed by atoms with van der Waals surface area (Å²) in [6, 6.07) is 13.1. The number of para-hydroxylation sites is 1. The highest BCUT2D eigenvalue weighted by Crippen LogP contribution is 2.17. The molecule has 0 saturated carbocycles. The number of amides is 1. The van der Waals surface area contributed by atoms with E-state index in [0.29, 0.717) is 0 Å². The van der Waals surface area contributed by atoms with Gasteiger partial charge in [-0.05, 0) is 24.3 Å². The molecule has 0 atom stereocenters. The zero-order valence-electron chi connectivity index (χ0n) is 11.5. The van der Waals surface area contributed by atoms with E-state index in [1.165, 1.54) is 10.9 Å². The maximum absolute atomic E-state index is 12.4. The maximum Gasteiger partial charge on any atom is 0.333 e. The molecule has 21 heavy (non-hydrogen) atoms. The molecular weight excluding hydrogens is 264 g/mol. The number of benzene rings is 1. The van der Waals surface area contributed by atoms with Crippen LogP contribution in [0, 0.1) is 0 Å². The Labute approximate surface area is 122 Å². The Morgan fingerprint density at radius 1 is 1.14 bits per heavy atom. The van der Waals surface area contributed by atoms with Gasteiger partial charge in [-0.15, -0.1) is 0 Å². The summed E-state index contributed by atoms with van der Waals surface area (Å²) < 4.78 is 1.47. The number of hydrogen-bond donors (Lipinski definition) is 0. The first-order valence-corrected chi connectivity index (χ1v) is 6.53. The number of nitrogens with zero attached hydrogens (tertiary/aromatic N) is 4. The van der Waals surface area contributed by atoms with E-state index in [1.54, 1.807) is 30.5 Å². The molecule has 0 aliphatic rings. The van der Waals surface area contributed by atoms with E-state index in [4.69, 9.17) is 0 Å². The first-order valence-electron chi connectivity index (χ1n) is 6.53. The van der Waals surface area contributed by atoms with Crippen LogP contribution < -0.4 is 4.90 Å². The molecule has 2 aromatic heterocycles. The summed E-state index contributed by atoms with van der Waals surface area (Å²) in [5.41, 5.74) is 2.43. The third kappa shape index (κ3) is 2.67. The van der Waals surface area contributed by atoms with Crippen molar-refractivity contribution >= 4 is 11.7 Å². The first-order chi connectivity index (χ1) is 10.3. The molecule has 0 N–H and O–H groups in total. The average molecular weight is 278 g/mol. The van der Waals surface area contributed by atoms with E-state index in [-0.39, 0.29) is 6.03 Å². The summed E-state index contributed by atoms with van der Waals surface area (Å²) in [4.78, 5) is 22.3. The Morgan fingerprint density at radius 3 is 2.67 bits per heavy atom. The largest absolute Gasteiger partial charge is 0.333 e. The van der Waals surface area contributed by atoms with Gasteiger partial charge >= 0.3 is 6.03 Å². The van der Waals surface area contributed by atoms with Gasteiger partial charge in [-0.3, -0.25) is 14.5 Å². The monoisotopic (exact) mass is 278 g/mol. The second-order valence-electron chi connectivity index (χ2n) is 4.59. The molecule has 0 bridgehead atoms. The van der Waals surface area contributed by atoms with E-state index in [2.05, 4.69) is 9.97 Å². The highest BCUT2D eigenvalue weighted by molar-refractivity contribution is 5.93. The van der Waals surface area contributed by atoms with Gasteiger partial charge < -0.3 is 0 Å². The quantitative estimate of drug-likeness (QED) is 0.724. The van der Waals surface area contributed by atoms with Crippen LogP contribution >= 0.6 is 0 Å². The summed E-state index contributed by atoms with van der Waals surface area (Å²) in [6.45, 7) is 0. The van der Waals surface area contributed by atoms with Gasteiger partial charge in [0, 0.05) is 36.9 Å². The van der Waals surface area contributed by atoms with E-state index in [0.717, 1.165) is 16.9 Å². The molecular formula is C16H14N4O. The summed E-state index contributed by atoms with van der Waals surface area (Å²) in [7, 11) is 1.74. The van der Waals surface area contributed by atoms with E-state index in [1.807, 2.05) is 42.5 Å². The van der Waals surface area contributed by atoms with Gasteiger partial charge in [0.05, 0.1) is 5.69 Å². The van der Waals surface area contributed by atoms with Crippen molar-refractivity contribution in [2.45, 2.75) is 0 Å². The average Bonchev–Trinajstić information content (AvgIpc) is 3.05. The fourth-order valence-electron chi connectivity index (χ4n) is 2.03. The highest BCUT2D eigenvalue weighted by Gasteiger charge is 2.14. The lowest BCUT2D eigenvalue weighted by molar-refractivity contribution is 0.249. The van der Waals surface area contributed by atoms with Crippen molar-refractivity contribution < 1.29 is 4.79 Å². The lowest BCUT2D eigenvalue weighted by Crippen LogP contribution is -2.30. The van der Waals surface area contributed by atoms with E-state index in [9.17, 15) is 4.79 Å². The van der Waals surface area contributed by atoms with Gasteiger partial charge in [0.25, 0.3) is 0 Å². The number of aromatic nitrogens is 3. The van der Waals surface area contributed by atoms with Crippen molar-refractivity contribution in [2.75, 3.05) is 11.9 Å². The number of anilines is 1. The van der Waals surface area contributed by atoms with Crippen LogP contribution in [-0.2, 0) is 0 Å². The zero-order valence-corrected chi connectivity index (χ0v) is 11.5. The van der Waals surface area contributed by atoms with Gasteiger partial charge in [-0.2, -0.15) is 0 Å². The SMILES string of the molecule is CN(C(=O)n1cnc(-c2cccnc2)c1)c1ccccc1. The van der Waals surface area contributed by atoms with Gasteiger partial charge in [-0.25, -0.2) is 9.78 Å². The third-order valence-electron chi connectivity index (χ3n) is 3.19.